The van der Waals surface area contributed by atoms with Crippen molar-refractivity contribution < 1.29 is 9.53 Å². The number of piperazine rings is 1. The molecule has 0 spiro atoms. The van der Waals surface area contributed by atoms with Crippen molar-refractivity contribution in [2.75, 3.05) is 26.2 Å². The fourth-order valence-corrected chi connectivity index (χ4v) is 2.97. The molecule has 0 aliphatic carbocycles. The molecule has 1 fully saturated rings. The van der Waals surface area contributed by atoms with Gasteiger partial charge in [-0.1, -0.05) is 26.0 Å². The van der Waals surface area contributed by atoms with Gasteiger partial charge in [0.2, 0.25) is 0 Å². The molecule has 1 saturated heterocycles. The maximum Gasteiger partial charge on any atom is 0.254 e. The van der Waals surface area contributed by atoms with Crippen molar-refractivity contribution in [3.8, 4) is 5.75 Å². The first-order valence-corrected chi connectivity index (χ1v) is 8.79. The van der Waals surface area contributed by atoms with E-state index in [9.17, 15) is 4.79 Å². The van der Waals surface area contributed by atoms with Crippen molar-refractivity contribution in [2.45, 2.75) is 19.9 Å². The second-order valence-corrected chi connectivity index (χ2v) is 6.74. The third-order valence-electron chi connectivity index (χ3n) is 4.24. The minimum atomic E-state index is -0.00446. The van der Waals surface area contributed by atoms with E-state index in [0.29, 0.717) is 24.6 Å². The summed E-state index contributed by atoms with van der Waals surface area (Å²) in [4.78, 5) is 19.2. The molecule has 1 N–H and O–H groups in total. The van der Waals surface area contributed by atoms with Gasteiger partial charge in [-0.2, -0.15) is 0 Å². The molecule has 26 heavy (non-hydrogen) atoms. The highest BCUT2D eigenvalue weighted by Crippen LogP contribution is 2.25. The van der Waals surface area contributed by atoms with Gasteiger partial charge < -0.3 is 15.0 Å². The summed E-state index contributed by atoms with van der Waals surface area (Å²) in [6.07, 6.45) is 3.58. The predicted octanol–water partition coefficient (Wildman–Crippen LogP) is 3.32. The Kier molecular flexibility index (Phi) is 7.42. The van der Waals surface area contributed by atoms with Crippen molar-refractivity contribution in [3.63, 3.8) is 0 Å². The van der Waals surface area contributed by atoms with E-state index >= 15 is 0 Å². The van der Waals surface area contributed by atoms with Gasteiger partial charge in [0.15, 0.2) is 0 Å². The number of amides is 1. The van der Waals surface area contributed by atoms with Gasteiger partial charge in [0.1, 0.15) is 5.75 Å². The first-order valence-electron chi connectivity index (χ1n) is 8.79. The van der Waals surface area contributed by atoms with Gasteiger partial charge in [-0.25, -0.2) is 0 Å². The minimum absolute atomic E-state index is 0. The normalized spacial score (nSPS) is 16.9. The van der Waals surface area contributed by atoms with Gasteiger partial charge in [0.05, 0.1) is 12.6 Å². The molecular weight excluding hydrogens is 350 g/mol. The van der Waals surface area contributed by atoms with Gasteiger partial charge in [0, 0.05) is 37.6 Å². The standard InChI is InChI=1S/C20H25N3O2.ClH/c1-15(2)14-25-18-7-3-5-16(11-18)20(24)23-10-9-22-13-19(23)17-6-4-8-21-12-17;/h3-8,11-12,15,19,22H,9-10,13-14H2,1-2H3;1H. The Hall–Kier alpha value is -2.11. The molecule has 1 amide bonds. The first kappa shape index (κ1) is 20.2. The zero-order valence-corrected chi connectivity index (χ0v) is 16.0. The summed E-state index contributed by atoms with van der Waals surface area (Å²) in [7, 11) is 0. The van der Waals surface area contributed by atoms with Crippen LogP contribution in [0.5, 0.6) is 5.75 Å². The average molecular weight is 376 g/mol. The molecule has 1 atom stereocenters. The smallest absolute Gasteiger partial charge is 0.254 e. The second kappa shape index (κ2) is 9.55. The van der Waals surface area contributed by atoms with Gasteiger partial charge >= 0.3 is 0 Å². The number of hydrogen-bond acceptors (Lipinski definition) is 4. The number of carbonyl (C=O) groups excluding carboxylic acids is 1. The molecule has 3 rings (SSSR count). The molecule has 2 heterocycles. The van der Waals surface area contributed by atoms with Crippen molar-refractivity contribution in [2.24, 2.45) is 5.92 Å². The summed E-state index contributed by atoms with van der Waals surface area (Å²) in [6, 6.07) is 11.4. The van der Waals surface area contributed by atoms with Crippen molar-refractivity contribution in [1.29, 1.82) is 0 Å². The summed E-state index contributed by atoms with van der Waals surface area (Å²) in [5.41, 5.74) is 1.72. The third-order valence-corrected chi connectivity index (χ3v) is 4.24. The highest BCUT2D eigenvalue weighted by atomic mass is 35.5. The molecular formula is C20H26ClN3O2. The Bertz CT molecular complexity index is 709. The molecule has 1 aliphatic heterocycles. The number of nitrogens with one attached hydrogen (secondary N) is 1. The first-order chi connectivity index (χ1) is 12.1. The largest absolute Gasteiger partial charge is 0.493 e. The molecule has 1 aromatic heterocycles. The van der Waals surface area contributed by atoms with E-state index in [-0.39, 0.29) is 24.4 Å². The Labute approximate surface area is 161 Å². The fourth-order valence-electron chi connectivity index (χ4n) is 2.97. The summed E-state index contributed by atoms with van der Waals surface area (Å²) in [5.74, 6) is 1.22. The number of benzene rings is 1. The lowest BCUT2D eigenvalue weighted by Crippen LogP contribution is -2.48. The molecule has 140 valence electrons. The summed E-state index contributed by atoms with van der Waals surface area (Å²) >= 11 is 0. The van der Waals surface area contributed by atoms with E-state index in [1.807, 2.05) is 47.5 Å². The minimum Gasteiger partial charge on any atom is -0.493 e. The lowest BCUT2D eigenvalue weighted by atomic mass is 10.0. The van der Waals surface area contributed by atoms with Crippen LogP contribution >= 0.6 is 12.4 Å². The zero-order valence-electron chi connectivity index (χ0n) is 15.2. The van der Waals surface area contributed by atoms with Crippen LogP contribution in [0.2, 0.25) is 0 Å². The molecule has 1 aromatic carbocycles. The number of nitrogens with zero attached hydrogens (tertiary/aromatic N) is 2. The fraction of sp³-hybridized carbons (Fsp3) is 0.400. The highest BCUT2D eigenvalue weighted by molar-refractivity contribution is 5.95. The Morgan fingerprint density at radius 3 is 2.92 bits per heavy atom. The van der Waals surface area contributed by atoms with Crippen LogP contribution in [0.4, 0.5) is 0 Å². The quantitative estimate of drug-likeness (QED) is 0.870. The molecule has 2 aromatic rings. The molecule has 0 saturated carbocycles. The number of rotatable bonds is 5. The van der Waals surface area contributed by atoms with E-state index in [2.05, 4.69) is 24.1 Å². The van der Waals surface area contributed by atoms with E-state index in [0.717, 1.165) is 24.4 Å². The average Bonchev–Trinajstić information content (AvgIpc) is 2.67. The van der Waals surface area contributed by atoms with E-state index in [4.69, 9.17) is 4.74 Å². The van der Waals surface area contributed by atoms with Crippen LogP contribution in [0.1, 0.15) is 35.8 Å². The van der Waals surface area contributed by atoms with Crippen LogP contribution in [0.3, 0.4) is 0 Å². The molecule has 6 heteroatoms. The Balaban J connectivity index is 0.00000243. The van der Waals surface area contributed by atoms with Gasteiger partial charge in [-0.3, -0.25) is 9.78 Å². The highest BCUT2D eigenvalue weighted by Gasteiger charge is 2.28. The third kappa shape index (κ3) is 4.96. The van der Waals surface area contributed by atoms with Crippen LogP contribution in [0.15, 0.2) is 48.8 Å². The van der Waals surface area contributed by atoms with Crippen LogP contribution in [-0.4, -0.2) is 42.0 Å². The van der Waals surface area contributed by atoms with Crippen molar-refractivity contribution in [1.82, 2.24) is 15.2 Å². The van der Waals surface area contributed by atoms with Crippen molar-refractivity contribution >= 4 is 18.3 Å². The molecule has 1 aliphatic rings. The van der Waals surface area contributed by atoms with Gasteiger partial charge in [0.25, 0.3) is 5.91 Å². The maximum absolute atomic E-state index is 13.1. The number of halogens is 1. The number of carbonyl (C=O) groups is 1. The monoisotopic (exact) mass is 375 g/mol. The van der Waals surface area contributed by atoms with Crippen LogP contribution in [-0.2, 0) is 0 Å². The van der Waals surface area contributed by atoms with E-state index in [1.165, 1.54) is 0 Å². The van der Waals surface area contributed by atoms with E-state index in [1.54, 1.807) is 6.20 Å². The van der Waals surface area contributed by atoms with Crippen molar-refractivity contribution in [3.05, 3.63) is 59.9 Å². The zero-order chi connectivity index (χ0) is 17.6. The molecule has 0 bridgehead atoms. The lowest BCUT2D eigenvalue weighted by Gasteiger charge is -2.36. The Morgan fingerprint density at radius 2 is 2.19 bits per heavy atom. The topological polar surface area (TPSA) is 54.5 Å². The summed E-state index contributed by atoms with van der Waals surface area (Å²) in [5, 5.41) is 3.37. The van der Waals surface area contributed by atoms with Gasteiger partial charge in [-0.05, 0) is 35.7 Å². The van der Waals surface area contributed by atoms with Crippen LogP contribution in [0.25, 0.3) is 0 Å². The van der Waals surface area contributed by atoms with Crippen LogP contribution in [0, 0.1) is 5.92 Å². The van der Waals surface area contributed by atoms with E-state index < -0.39 is 0 Å². The summed E-state index contributed by atoms with van der Waals surface area (Å²) in [6.45, 7) is 7.06. The number of aromatic nitrogens is 1. The second-order valence-electron chi connectivity index (χ2n) is 6.74. The number of pyridine rings is 1. The lowest BCUT2D eigenvalue weighted by molar-refractivity contribution is 0.0633. The Morgan fingerprint density at radius 1 is 1.35 bits per heavy atom. The number of ether oxygens (including phenoxy) is 1. The summed E-state index contributed by atoms with van der Waals surface area (Å²) < 4.78 is 5.76. The van der Waals surface area contributed by atoms with Gasteiger partial charge in [-0.15, -0.1) is 12.4 Å². The number of hydrogen-bond donors (Lipinski definition) is 1. The molecule has 0 radical (unpaired) electrons. The molecule has 5 nitrogen and oxygen atoms in total. The van der Waals surface area contributed by atoms with Crippen LogP contribution < -0.4 is 10.1 Å². The maximum atomic E-state index is 13.1. The molecule has 1 unspecified atom stereocenters. The SMILES string of the molecule is CC(C)COc1cccc(C(=O)N2CCNCC2c2cccnc2)c1.Cl. The predicted molar refractivity (Wildman–Crippen MR) is 105 cm³/mol.